The molecule has 0 saturated heterocycles. The van der Waals surface area contributed by atoms with Crippen molar-refractivity contribution in [3.8, 4) is 0 Å². The predicted molar refractivity (Wildman–Crippen MR) is 79.8 cm³/mol. The van der Waals surface area contributed by atoms with Gasteiger partial charge in [0.05, 0.1) is 20.7 Å². The number of halogens is 3. The van der Waals surface area contributed by atoms with Gasteiger partial charge in [0, 0.05) is 0 Å². The van der Waals surface area contributed by atoms with E-state index in [-0.39, 0.29) is 4.21 Å². The number of rotatable bonds is 3. The Bertz CT molecular complexity index is 651. The van der Waals surface area contributed by atoms with Crippen LogP contribution in [0.5, 0.6) is 0 Å². The summed E-state index contributed by atoms with van der Waals surface area (Å²) in [6.45, 7) is 0. The van der Waals surface area contributed by atoms with Crippen LogP contribution in [0.1, 0.15) is 0 Å². The lowest BCUT2D eigenvalue weighted by Gasteiger charge is -2.05. The van der Waals surface area contributed by atoms with E-state index in [1.165, 1.54) is 12.3 Å². The van der Waals surface area contributed by atoms with Gasteiger partial charge in [0.15, 0.2) is 0 Å². The van der Waals surface area contributed by atoms with E-state index in [1.54, 1.807) is 12.1 Å². The van der Waals surface area contributed by atoms with E-state index >= 15 is 0 Å². The quantitative estimate of drug-likeness (QED) is 0.743. The molecule has 18 heavy (non-hydrogen) atoms. The van der Waals surface area contributed by atoms with Gasteiger partial charge in [0.25, 0.3) is 10.0 Å². The van der Waals surface area contributed by atoms with Gasteiger partial charge in [-0.05, 0) is 50.1 Å². The highest BCUT2D eigenvalue weighted by molar-refractivity contribution is 9.11. The number of hydrogen-bond donors (Lipinski definition) is 1. The van der Waals surface area contributed by atoms with E-state index in [2.05, 4.69) is 41.6 Å². The minimum Gasteiger partial charge on any atom is -0.277 e. The van der Waals surface area contributed by atoms with Crippen LogP contribution in [0, 0.1) is 0 Å². The Balaban J connectivity index is 2.29. The van der Waals surface area contributed by atoms with Crippen molar-refractivity contribution in [2.45, 2.75) is 4.21 Å². The second kappa shape index (κ2) is 5.46. The Kier molecular flexibility index (Phi) is 4.32. The topological polar surface area (TPSA) is 59.1 Å². The molecule has 0 aliphatic rings. The van der Waals surface area contributed by atoms with Gasteiger partial charge in [0.2, 0.25) is 0 Å². The number of pyridine rings is 1. The summed E-state index contributed by atoms with van der Waals surface area (Å²) in [5, 5.41) is 0.370. The average molecular weight is 433 g/mol. The fourth-order valence-corrected chi connectivity index (χ4v) is 4.78. The molecule has 1 N–H and O–H groups in total. The van der Waals surface area contributed by atoms with Crippen molar-refractivity contribution in [1.82, 2.24) is 4.98 Å². The van der Waals surface area contributed by atoms with Crippen LogP contribution < -0.4 is 4.72 Å². The molecule has 0 bridgehead atoms. The zero-order valence-corrected chi connectivity index (χ0v) is 14.1. The summed E-state index contributed by atoms with van der Waals surface area (Å²) in [6, 6.07) is 4.65. The Labute approximate surface area is 130 Å². The number of nitrogens with zero attached hydrogens (tertiary/aromatic N) is 1. The molecule has 4 nitrogen and oxygen atoms in total. The van der Waals surface area contributed by atoms with Crippen molar-refractivity contribution >= 4 is 70.5 Å². The first-order valence-corrected chi connectivity index (χ1v) is 8.74. The lowest BCUT2D eigenvalue weighted by Crippen LogP contribution is -2.11. The second-order valence-corrected chi connectivity index (χ2v) is 8.66. The van der Waals surface area contributed by atoms with Crippen LogP contribution in [0.4, 0.5) is 5.69 Å². The van der Waals surface area contributed by atoms with E-state index in [4.69, 9.17) is 11.6 Å². The van der Waals surface area contributed by atoms with E-state index < -0.39 is 10.0 Å². The average Bonchev–Trinajstić information content (AvgIpc) is 2.63. The monoisotopic (exact) mass is 430 g/mol. The van der Waals surface area contributed by atoms with Gasteiger partial charge < -0.3 is 0 Å². The molecule has 0 aromatic carbocycles. The third kappa shape index (κ3) is 3.24. The first-order chi connectivity index (χ1) is 8.38. The zero-order chi connectivity index (χ0) is 13.3. The van der Waals surface area contributed by atoms with Crippen LogP contribution >= 0.6 is 54.8 Å². The van der Waals surface area contributed by atoms with E-state index in [9.17, 15) is 8.42 Å². The van der Waals surface area contributed by atoms with E-state index in [0.29, 0.717) is 19.1 Å². The van der Waals surface area contributed by atoms with Crippen molar-refractivity contribution in [3.63, 3.8) is 0 Å². The normalized spacial score (nSPS) is 11.5. The zero-order valence-electron chi connectivity index (χ0n) is 8.52. The highest BCUT2D eigenvalue weighted by atomic mass is 79.9. The Morgan fingerprint density at radius 1 is 1.33 bits per heavy atom. The second-order valence-electron chi connectivity index (χ2n) is 3.16. The fraction of sp³-hybridized carbons (Fsp3) is 0. The van der Waals surface area contributed by atoms with Crippen LogP contribution in [0.2, 0.25) is 5.02 Å². The minimum absolute atomic E-state index is 0.141. The van der Waals surface area contributed by atoms with Crippen molar-refractivity contribution in [3.05, 3.63) is 37.8 Å². The van der Waals surface area contributed by atoms with Gasteiger partial charge in [-0.25, -0.2) is 13.4 Å². The number of hydrogen-bond acceptors (Lipinski definition) is 4. The van der Waals surface area contributed by atoms with Crippen LogP contribution in [0.3, 0.4) is 0 Å². The van der Waals surface area contributed by atoms with Crippen molar-refractivity contribution in [2.24, 2.45) is 0 Å². The molecular formula is C9H5Br2ClN2O2S2. The first kappa shape index (κ1) is 14.3. The standard InChI is InChI=1S/C9H5Br2ClN2O2S2/c10-7-2-1-5(4-13-7)14-18(15,16)8-3-6(12)9(11)17-8/h1-4,14H. The number of sulfonamides is 1. The highest BCUT2D eigenvalue weighted by Gasteiger charge is 2.19. The van der Waals surface area contributed by atoms with E-state index in [1.807, 2.05) is 0 Å². The summed E-state index contributed by atoms with van der Waals surface area (Å²) in [5.41, 5.74) is 0.388. The summed E-state index contributed by atoms with van der Waals surface area (Å²) in [6.07, 6.45) is 1.42. The molecule has 0 saturated carbocycles. The highest BCUT2D eigenvalue weighted by Crippen LogP contribution is 2.35. The van der Waals surface area contributed by atoms with E-state index in [0.717, 1.165) is 11.3 Å². The SMILES string of the molecule is O=S(=O)(Nc1ccc(Br)nc1)c1cc(Cl)c(Br)s1. The maximum atomic E-state index is 12.0. The number of nitrogens with one attached hydrogen (secondary N) is 1. The molecule has 0 aliphatic heterocycles. The van der Waals surface area contributed by atoms with Gasteiger partial charge in [0.1, 0.15) is 8.81 Å². The first-order valence-electron chi connectivity index (χ1n) is 4.48. The van der Waals surface area contributed by atoms with Crippen molar-refractivity contribution < 1.29 is 8.42 Å². The molecule has 96 valence electrons. The summed E-state index contributed by atoms with van der Waals surface area (Å²) >= 11 is 13.2. The number of thiophene rings is 1. The van der Waals surface area contributed by atoms with Gasteiger partial charge in [-0.3, -0.25) is 4.72 Å². The van der Waals surface area contributed by atoms with Gasteiger partial charge >= 0.3 is 0 Å². The van der Waals surface area contributed by atoms with Gasteiger partial charge in [-0.2, -0.15) is 0 Å². The Morgan fingerprint density at radius 3 is 2.56 bits per heavy atom. The van der Waals surface area contributed by atoms with Crippen LogP contribution in [-0.2, 0) is 10.0 Å². The smallest absolute Gasteiger partial charge is 0.271 e. The molecule has 0 atom stereocenters. The lowest BCUT2D eigenvalue weighted by molar-refractivity contribution is 0.603. The summed E-state index contributed by atoms with van der Waals surface area (Å²) in [5.74, 6) is 0. The number of aromatic nitrogens is 1. The molecule has 2 aromatic rings. The lowest BCUT2D eigenvalue weighted by atomic mass is 10.4. The molecule has 0 aliphatic carbocycles. The largest absolute Gasteiger partial charge is 0.277 e. The molecule has 0 radical (unpaired) electrons. The molecule has 2 rings (SSSR count). The summed E-state index contributed by atoms with van der Waals surface area (Å²) in [7, 11) is -3.63. The van der Waals surface area contributed by atoms with Crippen molar-refractivity contribution in [1.29, 1.82) is 0 Å². The third-order valence-corrected chi connectivity index (χ3v) is 6.67. The molecule has 0 spiro atoms. The molecular weight excluding hydrogens is 428 g/mol. The number of anilines is 1. The molecule has 0 unspecified atom stereocenters. The third-order valence-electron chi connectivity index (χ3n) is 1.87. The summed E-state index contributed by atoms with van der Waals surface area (Å²) < 4.78 is 27.8. The van der Waals surface area contributed by atoms with Gasteiger partial charge in [-0.1, -0.05) is 11.6 Å². The van der Waals surface area contributed by atoms with Crippen molar-refractivity contribution in [2.75, 3.05) is 4.72 Å². The maximum Gasteiger partial charge on any atom is 0.271 e. The minimum atomic E-state index is -3.63. The maximum absolute atomic E-state index is 12.0. The predicted octanol–water partition coefficient (Wildman–Crippen LogP) is 4.12. The Morgan fingerprint density at radius 2 is 2.06 bits per heavy atom. The molecule has 2 heterocycles. The summed E-state index contributed by atoms with van der Waals surface area (Å²) in [4.78, 5) is 3.94. The van der Waals surface area contributed by atoms with Crippen LogP contribution in [-0.4, -0.2) is 13.4 Å². The van der Waals surface area contributed by atoms with Crippen LogP contribution in [0.15, 0.2) is 37.0 Å². The molecule has 0 amide bonds. The van der Waals surface area contributed by atoms with Crippen LogP contribution in [0.25, 0.3) is 0 Å². The Hall–Kier alpha value is -0.150. The fourth-order valence-electron chi connectivity index (χ4n) is 1.10. The van der Waals surface area contributed by atoms with Gasteiger partial charge in [-0.15, -0.1) is 11.3 Å². The molecule has 2 aromatic heterocycles. The molecule has 9 heteroatoms. The molecule has 0 fully saturated rings.